The minimum atomic E-state index is -0.476. The summed E-state index contributed by atoms with van der Waals surface area (Å²) in [6.45, 7) is 7.13. The molecule has 68 valence electrons. The fourth-order valence-corrected chi connectivity index (χ4v) is 6.00. The third-order valence-corrected chi connectivity index (χ3v) is 8.89. The minimum absolute atomic E-state index is 0.476. The quantitative estimate of drug-likeness (QED) is 0.582. The predicted octanol–water partition coefficient (Wildman–Crippen LogP) is 3.43. The Kier molecular flexibility index (Phi) is 6.76. The molecule has 0 aliphatic heterocycles. The molecule has 0 saturated heterocycles. The van der Waals surface area contributed by atoms with Crippen LogP contribution >= 0.6 is 19.0 Å². The summed E-state index contributed by atoms with van der Waals surface area (Å²) in [5.41, 5.74) is 0. The molecule has 11 heavy (non-hydrogen) atoms. The molecule has 0 amide bonds. The van der Waals surface area contributed by atoms with Gasteiger partial charge in [0.15, 0.2) is 0 Å². The van der Waals surface area contributed by atoms with Crippen molar-refractivity contribution in [3.8, 4) is 0 Å². The first-order chi connectivity index (χ1) is 5.24. The van der Waals surface area contributed by atoms with Crippen LogP contribution < -0.4 is 0 Å². The van der Waals surface area contributed by atoms with Crippen LogP contribution in [0.4, 0.5) is 0 Å². The molecule has 0 atom stereocenters. The Balaban J connectivity index is 3.84. The van der Waals surface area contributed by atoms with Gasteiger partial charge in [-0.05, 0) is 27.0 Å². The zero-order valence-corrected chi connectivity index (χ0v) is 10.1. The highest BCUT2D eigenvalue weighted by molar-refractivity contribution is 7.99. The SMILES string of the molecule is CC[P+](CC)(CC)CCSC. The Hall–Kier alpha value is 0.780. The lowest BCUT2D eigenvalue weighted by atomic mass is 10.9. The fourth-order valence-electron chi connectivity index (χ4n) is 1.43. The van der Waals surface area contributed by atoms with Gasteiger partial charge < -0.3 is 0 Å². The largest absolute Gasteiger partial charge is 0.162 e. The number of thioether (sulfide) groups is 1. The maximum Gasteiger partial charge on any atom is 0.0684 e. The molecule has 0 spiro atoms. The van der Waals surface area contributed by atoms with Crippen LogP contribution in [0.2, 0.25) is 0 Å². The van der Waals surface area contributed by atoms with E-state index in [1.54, 1.807) is 0 Å². The lowest BCUT2D eigenvalue weighted by Crippen LogP contribution is -2.08. The summed E-state index contributed by atoms with van der Waals surface area (Å²) in [6, 6.07) is 0. The van der Waals surface area contributed by atoms with Crippen molar-refractivity contribution >= 4 is 19.0 Å². The van der Waals surface area contributed by atoms with Gasteiger partial charge in [-0.2, -0.15) is 11.8 Å². The molecule has 0 radical (unpaired) electrons. The topological polar surface area (TPSA) is 0 Å². The van der Waals surface area contributed by atoms with Gasteiger partial charge in [-0.3, -0.25) is 0 Å². The minimum Gasteiger partial charge on any atom is -0.162 e. The summed E-state index contributed by atoms with van der Waals surface area (Å²) in [4.78, 5) is 0. The fraction of sp³-hybridized carbons (Fsp3) is 1.00. The van der Waals surface area contributed by atoms with Crippen molar-refractivity contribution in [1.82, 2.24) is 0 Å². The number of hydrogen-bond donors (Lipinski definition) is 0. The predicted molar refractivity (Wildman–Crippen MR) is 61.8 cm³/mol. The Bertz CT molecular complexity index is 81.3. The second-order valence-electron chi connectivity index (χ2n) is 3.01. The lowest BCUT2D eigenvalue weighted by molar-refractivity contribution is 1.26. The first-order valence-corrected chi connectivity index (χ1v) is 8.51. The molecule has 0 N–H and O–H groups in total. The van der Waals surface area contributed by atoms with Gasteiger partial charge in [-0.25, -0.2) is 0 Å². The lowest BCUT2D eigenvalue weighted by Gasteiger charge is -2.22. The van der Waals surface area contributed by atoms with Gasteiger partial charge >= 0.3 is 0 Å². The summed E-state index contributed by atoms with van der Waals surface area (Å²) < 4.78 is 0. The maximum atomic E-state index is 2.38. The number of hydrogen-bond acceptors (Lipinski definition) is 1. The monoisotopic (exact) mass is 193 g/mol. The van der Waals surface area contributed by atoms with Gasteiger partial charge in [0.05, 0.1) is 24.6 Å². The van der Waals surface area contributed by atoms with Gasteiger partial charge in [-0.15, -0.1) is 0 Å². The molecular weight excluding hydrogens is 171 g/mol. The molecule has 0 heterocycles. The third kappa shape index (κ3) is 3.80. The smallest absolute Gasteiger partial charge is 0.0684 e. The molecule has 2 heteroatoms. The van der Waals surface area contributed by atoms with Crippen LogP contribution in [0.15, 0.2) is 0 Å². The van der Waals surface area contributed by atoms with E-state index in [9.17, 15) is 0 Å². The van der Waals surface area contributed by atoms with E-state index in [0.717, 1.165) is 0 Å². The van der Waals surface area contributed by atoms with E-state index in [1.165, 1.54) is 30.4 Å². The van der Waals surface area contributed by atoms with Crippen LogP contribution in [-0.4, -0.2) is 36.7 Å². The molecule has 0 aliphatic carbocycles. The Morgan fingerprint density at radius 1 is 1.00 bits per heavy atom. The van der Waals surface area contributed by atoms with E-state index in [-0.39, 0.29) is 0 Å². The van der Waals surface area contributed by atoms with Crippen LogP contribution in [0.25, 0.3) is 0 Å². The molecule has 0 nitrogen and oxygen atoms in total. The van der Waals surface area contributed by atoms with Crippen LogP contribution in [0, 0.1) is 0 Å². The Labute approximate surface area is 76.9 Å². The van der Waals surface area contributed by atoms with Crippen molar-refractivity contribution in [3.05, 3.63) is 0 Å². The van der Waals surface area contributed by atoms with Crippen LogP contribution in [0.3, 0.4) is 0 Å². The standard InChI is InChI=1S/C9H22PS/c1-5-10(6-2,7-3)8-9-11-4/h5-9H2,1-4H3/q+1. The van der Waals surface area contributed by atoms with Gasteiger partial charge in [-0.1, -0.05) is 0 Å². The van der Waals surface area contributed by atoms with Gasteiger partial charge in [0, 0.05) is 13.0 Å². The second-order valence-corrected chi connectivity index (χ2v) is 9.02. The summed E-state index contributed by atoms with van der Waals surface area (Å²) >= 11 is 2.00. The molecule has 0 saturated carbocycles. The molecule has 0 fully saturated rings. The zero-order valence-electron chi connectivity index (χ0n) is 8.39. The van der Waals surface area contributed by atoms with Crippen LogP contribution in [0.5, 0.6) is 0 Å². The van der Waals surface area contributed by atoms with E-state index >= 15 is 0 Å². The first kappa shape index (κ1) is 11.8. The van der Waals surface area contributed by atoms with Gasteiger partial charge in [0.2, 0.25) is 0 Å². The normalized spacial score (nSPS) is 12.0. The van der Waals surface area contributed by atoms with E-state index in [1.807, 2.05) is 11.8 Å². The highest BCUT2D eigenvalue weighted by Crippen LogP contribution is 2.57. The molecule has 0 rings (SSSR count). The highest BCUT2D eigenvalue weighted by atomic mass is 32.2. The van der Waals surface area contributed by atoms with E-state index in [0.29, 0.717) is 0 Å². The van der Waals surface area contributed by atoms with Gasteiger partial charge in [0.25, 0.3) is 0 Å². The molecule has 0 aromatic heterocycles. The van der Waals surface area contributed by atoms with Gasteiger partial charge in [0.1, 0.15) is 0 Å². The number of rotatable bonds is 6. The van der Waals surface area contributed by atoms with E-state index in [4.69, 9.17) is 0 Å². The highest BCUT2D eigenvalue weighted by Gasteiger charge is 2.29. The summed E-state index contributed by atoms with van der Waals surface area (Å²) in [5, 5.41) is 0. The maximum absolute atomic E-state index is 2.38. The Morgan fingerprint density at radius 3 is 1.73 bits per heavy atom. The molecule has 0 aliphatic rings. The van der Waals surface area contributed by atoms with E-state index in [2.05, 4.69) is 27.0 Å². The average molecular weight is 193 g/mol. The van der Waals surface area contributed by atoms with Crippen LogP contribution in [-0.2, 0) is 0 Å². The molecule has 0 aromatic carbocycles. The Morgan fingerprint density at radius 2 is 1.45 bits per heavy atom. The summed E-state index contributed by atoms with van der Waals surface area (Å²) in [6.07, 6.45) is 8.11. The first-order valence-electron chi connectivity index (χ1n) is 4.58. The average Bonchev–Trinajstić information content (AvgIpc) is 2.08. The molecular formula is C9H22PS+. The van der Waals surface area contributed by atoms with Crippen molar-refractivity contribution in [2.75, 3.05) is 36.7 Å². The molecule has 0 bridgehead atoms. The second kappa shape index (κ2) is 6.31. The van der Waals surface area contributed by atoms with E-state index < -0.39 is 7.26 Å². The zero-order chi connectivity index (χ0) is 8.74. The summed E-state index contributed by atoms with van der Waals surface area (Å²) in [5.74, 6) is 1.38. The van der Waals surface area contributed by atoms with Crippen molar-refractivity contribution in [1.29, 1.82) is 0 Å². The van der Waals surface area contributed by atoms with Crippen LogP contribution in [0.1, 0.15) is 20.8 Å². The van der Waals surface area contributed by atoms with Crippen molar-refractivity contribution in [2.45, 2.75) is 20.8 Å². The van der Waals surface area contributed by atoms with Crippen molar-refractivity contribution in [3.63, 3.8) is 0 Å². The van der Waals surface area contributed by atoms with Crippen molar-refractivity contribution in [2.24, 2.45) is 0 Å². The molecule has 0 aromatic rings. The van der Waals surface area contributed by atoms with Crippen molar-refractivity contribution < 1.29 is 0 Å². The molecule has 0 unspecified atom stereocenters. The summed E-state index contributed by atoms with van der Waals surface area (Å²) in [7, 11) is -0.476. The third-order valence-electron chi connectivity index (χ3n) is 2.78.